The first kappa shape index (κ1) is 19.1. The molecule has 5 nitrogen and oxygen atoms in total. The second kappa shape index (κ2) is 9.33. The Hall–Kier alpha value is -2.66. The first-order chi connectivity index (χ1) is 13.1. The van der Waals surface area contributed by atoms with Crippen LogP contribution in [0.2, 0.25) is 0 Å². The molecule has 0 spiro atoms. The lowest BCUT2D eigenvalue weighted by Gasteiger charge is -2.23. The Labute approximate surface area is 159 Å². The van der Waals surface area contributed by atoms with Gasteiger partial charge in [0, 0.05) is 37.6 Å². The summed E-state index contributed by atoms with van der Waals surface area (Å²) in [5, 5.41) is 8.91. The van der Waals surface area contributed by atoms with Crippen molar-refractivity contribution in [2.24, 2.45) is 0 Å². The molecule has 27 heavy (non-hydrogen) atoms. The average molecular weight is 367 g/mol. The number of hydrogen-bond acceptors (Lipinski definition) is 3. The third kappa shape index (κ3) is 5.41. The molecular weight excluding hydrogens is 342 g/mol. The molecule has 1 atom stereocenters. The number of aliphatic carboxylic acids is 1. The molecule has 1 aliphatic heterocycles. The van der Waals surface area contributed by atoms with Gasteiger partial charge in [0.15, 0.2) is 0 Å². The van der Waals surface area contributed by atoms with Gasteiger partial charge >= 0.3 is 5.97 Å². The Balaban J connectivity index is 1.76. The SMILES string of the molecule is O=C(O)CCCN(Cc1ccccc1)C(=O)c1cccc(C2CCOC2)c1. The number of rotatable bonds is 8. The minimum Gasteiger partial charge on any atom is -0.481 e. The second-order valence-electron chi connectivity index (χ2n) is 6.90. The standard InChI is InChI=1S/C22H25NO4/c24-21(25)10-5-12-23(15-17-6-2-1-3-7-17)22(26)19-9-4-8-18(14-19)20-11-13-27-16-20/h1-4,6-9,14,20H,5,10-13,15-16H2,(H,24,25). The van der Waals surface area contributed by atoms with Crippen molar-refractivity contribution >= 4 is 11.9 Å². The fourth-order valence-corrected chi connectivity index (χ4v) is 3.38. The normalized spacial score (nSPS) is 16.2. The van der Waals surface area contributed by atoms with Crippen molar-refractivity contribution in [1.29, 1.82) is 0 Å². The van der Waals surface area contributed by atoms with Crippen LogP contribution in [0.5, 0.6) is 0 Å². The van der Waals surface area contributed by atoms with E-state index in [1.807, 2.05) is 54.6 Å². The van der Waals surface area contributed by atoms with Gasteiger partial charge in [-0.1, -0.05) is 42.5 Å². The van der Waals surface area contributed by atoms with Crippen molar-refractivity contribution in [2.45, 2.75) is 31.7 Å². The van der Waals surface area contributed by atoms with Crippen LogP contribution in [0.15, 0.2) is 54.6 Å². The summed E-state index contributed by atoms with van der Waals surface area (Å²) in [4.78, 5) is 25.7. The summed E-state index contributed by atoms with van der Waals surface area (Å²) in [7, 11) is 0. The number of carbonyl (C=O) groups excluding carboxylic acids is 1. The minimum absolute atomic E-state index is 0.0536. The van der Waals surface area contributed by atoms with E-state index >= 15 is 0 Å². The number of carbonyl (C=O) groups is 2. The molecule has 1 N–H and O–H groups in total. The lowest BCUT2D eigenvalue weighted by Crippen LogP contribution is -2.32. The fourth-order valence-electron chi connectivity index (χ4n) is 3.38. The van der Waals surface area contributed by atoms with Gasteiger partial charge in [0.2, 0.25) is 0 Å². The van der Waals surface area contributed by atoms with E-state index in [2.05, 4.69) is 0 Å². The third-order valence-electron chi connectivity index (χ3n) is 4.86. The summed E-state index contributed by atoms with van der Waals surface area (Å²) in [6, 6.07) is 17.5. The van der Waals surface area contributed by atoms with Gasteiger partial charge in [-0.2, -0.15) is 0 Å². The smallest absolute Gasteiger partial charge is 0.303 e. The van der Waals surface area contributed by atoms with E-state index < -0.39 is 5.97 Å². The van der Waals surface area contributed by atoms with Crippen LogP contribution in [0, 0.1) is 0 Å². The zero-order chi connectivity index (χ0) is 19.1. The van der Waals surface area contributed by atoms with Crippen molar-refractivity contribution in [3.8, 4) is 0 Å². The Morgan fingerprint density at radius 2 is 1.93 bits per heavy atom. The number of carboxylic acid groups (broad SMARTS) is 1. The average Bonchev–Trinajstić information content (AvgIpc) is 3.22. The molecule has 3 rings (SSSR count). The predicted molar refractivity (Wildman–Crippen MR) is 103 cm³/mol. The highest BCUT2D eigenvalue weighted by atomic mass is 16.5. The molecule has 0 saturated carbocycles. The summed E-state index contributed by atoms with van der Waals surface area (Å²) in [5.74, 6) is -0.567. The van der Waals surface area contributed by atoms with Gasteiger partial charge in [-0.15, -0.1) is 0 Å². The summed E-state index contributed by atoms with van der Waals surface area (Å²) in [5.41, 5.74) is 2.80. The Bertz CT molecular complexity index is 769. The van der Waals surface area contributed by atoms with E-state index in [0.717, 1.165) is 24.2 Å². The quantitative estimate of drug-likeness (QED) is 0.773. The van der Waals surface area contributed by atoms with Crippen LogP contribution in [0.3, 0.4) is 0 Å². The molecular formula is C22H25NO4. The zero-order valence-electron chi connectivity index (χ0n) is 15.3. The lowest BCUT2D eigenvalue weighted by atomic mass is 9.96. The molecule has 1 heterocycles. The van der Waals surface area contributed by atoms with Gasteiger partial charge in [-0.25, -0.2) is 0 Å². The lowest BCUT2D eigenvalue weighted by molar-refractivity contribution is -0.137. The van der Waals surface area contributed by atoms with E-state index in [9.17, 15) is 9.59 Å². The summed E-state index contributed by atoms with van der Waals surface area (Å²) in [6.45, 7) is 2.34. The monoisotopic (exact) mass is 367 g/mol. The van der Waals surface area contributed by atoms with Crippen LogP contribution in [0.25, 0.3) is 0 Å². The highest BCUT2D eigenvalue weighted by molar-refractivity contribution is 5.94. The maximum atomic E-state index is 13.1. The van der Waals surface area contributed by atoms with E-state index in [1.54, 1.807) is 4.90 Å². The molecule has 0 bridgehead atoms. The summed E-state index contributed by atoms with van der Waals surface area (Å²) < 4.78 is 5.46. The first-order valence-electron chi connectivity index (χ1n) is 9.36. The van der Waals surface area contributed by atoms with Crippen molar-refractivity contribution < 1.29 is 19.4 Å². The highest BCUT2D eigenvalue weighted by Gasteiger charge is 2.21. The molecule has 1 saturated heterocycles. The number of ether oxygens (including phenoxy) is 1. The number of benzene rings is 2. The maximum absolute atomic E-state index is 13.1. The van der Waals surface area contributed by atoms with Crippen LogP contribution in [0.4, 0.5) is 0 Å². The van der Waals surface area contributed by atoms with Crippen molar-refractivity contribution in [3.05, 3.63) is 71.3 Å². The van der Waals surface area contributed by atoms with E-state index in [4.69, 9.17) is 9.84 Å². The van der Waals surface area contributed by atoms with Gasteiger partial charge in [0.1, 0.15) is 0 Å². The zero-order valence-corrected chi connectivity index (χ0v) is 15.3. The Morgan fingerprint density at radius 1 is 1.11 bits per heavy atom. The molecule has 1 amide bonds. The van der Waals surface area contributed by atoms with Crippen molar-refractivity contribution in [1.82, 2.24) is 4.90 Å². The summed E-state index contributed by atoms with van der Waals surface area (Å²) in [6.07, 6.45) is 1.46. The Kier molecular flexibility index (Phi) is 6.60. The van der Waals surface area contributed by atoms with Crippen LogP contribution < -0.4 is 0 Å². The molecule has 0 radical (unpaired) electrons. The molecule has 1 aliphatic rings. The van der Waals surface area contributed by atoms with Crippen LogP contribution in [-0.2, 0) is 16.1 Å². The molecule has 142 valence electrons. The van der Waals surface area contributed by atoms with Gasteiger partial charge in [-0.05, 0) is 36.1 Å². The number of carboxylic acids is 1. The highest BCUT2D eigenvalue weighted by Crippen LogP contribution is 2.26. The van der Waals surface area contributed by atoms with Crippen LogP contribution in [-0.4, -0.2) is 41.6 Å². The van der Waals surface area contributed by atoms with Crippen molar-refractivity contribution in [3.63, 3.8) is 0 Å². The molecule has 5 heteroatoms. The van der Waals surface area contributed by atoms with E-state index in [1.165, 1.54) is 0 Å². The van der Waals surface area contributed by atoms with Crippen LogP contribution >= 0.6 is 0 Å². The molecule has 2 aromatic carbocycles. The fraction of sp³-hybridized carbons (Fsp3) is 0.364. The largest absolute Gasteiger partial charge is 0.481 e. The first-order valence-corrected chi connectivity index (χ1v) is 9.36. The van der Waals surface area contributed by atoms with E-state index in [-0.39, 0.29) is 12.3 Å². The number of hydrogen-bond donors (Lipinski definition) is 1. The maximum Gasteiger partial charge on any atom is 0.303 e. The minimum atomic E-state index is -0.842. The molecule has 0 aliphatic carbocycles. The van der Waals surface area contributed by atoms with Gasteiger partial charge in [-0.3, -0.25) is 9.59 Å². The van der Waals surface area contributed by atoms with Crippen LogP contribution in [0.1, 0.15) is 46.7 Å². The summed E-state index contributed by atoms with van der Waals surface area (Å²) >= 11 is 0. The molecule has 0 aromatic heterocycles. The predicted octanol–water partition coefficient (Wildman–Crippen LogP) is 3.70. The van der Waals surface area contributed by atoms with Gasteiger partial charge in [0.25, 0.3) is 5.91 Å². The Morgan fingerprint density at radius 3 is 2.63 bits per heavy atom. The topological polar surface area (TPSA) is 66.8 Å². The van der Waals surface area contributed by atoms with Gasteiger partial charge < -0.3 is 14.7 Å². The molecule has 1 unspecified atom stereocenters. The molecule has 2 aromatic rings. The second-order valence-corrected chi connectivity index (χ2v) is 6.90. The van der Waals surface area contributed by atoms with Gasteiger partial charge in [0.05, 0.1) is 6.61 Å². The number of amides is 1. The number of nitrogens with zero attached hydrogens (tertiary/aromatic N) is 1. The van der Waals surface area contributed by atoms with E-state index in [0.29, 0.717) is 37.6 Å². The van der Waals surface area contributed by atoms with Crippen molar-refractivity contribution in [2.75, 3.05) is 19.8 Å². The molecule has 1 fully saturated rings. The third-order valence-corrected chi connectivity index (χ3v) is 4.86.